The van der Waals surface area contributed by atoms with Gasteiger partial charge in [0.15, 0.2) is 0 Å². The Morgan fingerprint density at radius 2 is 1.98 bits per heavy atom. The van der Waals surface area contributed by atoms with E-state index >= 15 is 0 Å². The standard InChI is InChI=1S/C29H31N7O4S/c1-29(2,3)40-28(38)36-8-7-22(37)24(14-36)39-23-10-17(18-12-33-35(4)13-18)9-21-26(23)27(31-15-30-21)34-19-5-6-20-25(11-19)41-16-32-20/h5-6,9-13,15-16,22,24,37H,7-8,14H2,1-4H3,(H,30,31,34)/t22-,24-/m0/s1. The molecule has 3 aromatic heterocycles. The summed E-state index contributed by atoms with van der Waals surface area (Å²) in [6.07, 6.45) is 3.65. The molecule has 11 nitrogen and oxygen atoms in total. The second-order valence-electron chi connectivity index (χ2n) is 11.1. The number of benzene rings is 2. The highest BCUT2D eigenvalue weighted by Crippen LogP contribution is 2.38. The van der Waals surface area contributed by atoms with Gasteiger partial charge in [-0.15, -0.1) is 11.3 Å². The van der Waals surface area contributed by atoms with Gasteiger partial charge < -0.3 is 24.8 Å². The molecule has 41 heavy (non-hydrogen) atoms. The van der Waals surface area contributed by atoms with Crippen LogP contribution in [0.2, 0.25) is 0 Å². The second kappa shape index (κ2) is 10.6. The zero-order chi connectivity index (χ0) is 28.7. The van der Waals surface area contributed by atoms with Gasteiger partial charge in [0.25, 0.3) is 0 Å². The first-order valence-electron chi connectivity index (χ1n) is 13.3. The number of aliphatic hydroxyl groups is 1. The third-order valence-corrected chi connectivity index (χ3v) is 7.58. The van der Waals surface area contributed by atoms with Crippen molar-refractivity contribution in [2.75, 3.05) is 18.4 Å². The monoisotopic (exact) mass is 573 g/mol. The minimum absolute atomic E-state index is 0.174. The first-order valence-corrected chi connectivity index (χ1v) is 14.2. The van der Waals surface area contributed by atoms with Crippen LogP contribution in [-0.2, 0) is 11.8 Å². The Balaban J connectivity index is 1.39. The van der Waals surface area contributed by atoms with Crippen LogP contribution in [0.5, 0.6) is 5.75 Å². The molecule has 12 heteroatoms. The van der Waals surface area contributed by atoms with Crippen LogP contribution >= 0.6 is 11.3 Å². The van der Waals surface area contributed by atoms with Crippen molar-refractivity contribution in [3.8, 4) is 16.9 Å². The summed E-state index contributed by atoms with van der Waals surface area (Å²) in [5.74, 6) is 1.04. The van der Waals surface area contributed by atoms with Gasteiger partial charge in [-0.25, -0.2) is 19.7 Å². The quantitative estimate of drug-likeness (QED) is 0.294. The van der Waals surface area contributed by atoms with Crippen LogP contribution in [0.15, 0.2) is 54.6 Å². The summed E-state index contributed by atoms with van der Waals surface area (Å²) in [4.78, 5) is 27.9. The van der Waals surface area contributed by atoms with Gasteiger partial charge in [0.2, 0.25) is 0 Å². The number of amides is 1. The lowest BCUT2D eigenvalue weighted by Crippen LogP contribution is -2.52. The summed E-state index contributed by atoms with van der Waals surface area (Å²) in [7, 11) is 1.86. The fourth-order valence-electron chi connectivity index (χ4n) is 4.82. The number of aryl methyl sites for hydroxylation is 1. The van der Waals surface area contributed by atoms with Crippen molar-refractivity contribution in [1.82, 2.24) is 29.6 Å². The topological polar surface area (TPSA) is 128 Å². The van der Waals surface area contributed by atoms with Crippen LogP contribution in [0, 0.1) is 0 Å². The number of ether oxygens (including phenoxy) is 2. The van der Waals surface area contributed by atoms with Crippen LogP contribution in [-0.4, -0.2) is 71.7 Å². The SMILES string of the molecule is Cn1cc(-c2cc(O[C@H]3CN(C(=O)OC(C)(C)C)CC[C@@H]3O)c3c(Nc4ccc5ncsc5c4)ncnc3c2)cn1. The fourth-order valence-corrected chi connectivity index (χ4v) is 5.54. The molecule has 212 valence electrons. The van der Waals surface area contributed by atoms with Gasteiger partial charge in [-0.3, -0.25) is 4.68 Å². The molecule has 0 bridgehead atoms. The average Bonchev–Trinajstić information content (AvgIpc) is 3.57. The number of thiazole rings is 1. The second-order valence-corrected chi connectivity index (χ2v) is 12.0. The number of nitrogens with zero attached hydrogens (tertiary/aromatic N) is 6. The maximum absolute atomic E-state index is 12.8. The van der Waals surface area contributed by atoms with Gasteiger partial charge in [-0.2, -0.15) is 5.10 Å². The molecule has 4 heterocycles. The molecule has 5 aromatic rings. The third kappa shape index (κ3) is 5.79. The van der Waals surface area contributed by atoms with E-state index in [9.17, 15) is 9.90 Å². The van der Waals surface area contributed by atoms with E-state index in [-0.39, 0.29) is 6.54 Å². The van der Waals surface area contributed by atoms with Crippen molar-refractivity contribution in [1.29, 1.82) is 0 Å². The van der Waals surface area contributed by atoms with Gasteiger partial charge in [-0.05, 0) is 63.1 Å². The van der Waals surface area contributed by atoms with Crippen LogP contribution < -0.4 is 10.1 Å². The number of piperidine rings is 1. The fraction of sp³-hybridized carbons (Fsp3) is 0.345. The molecule has 0 unspecified atom stereocenters. The Morgan fingerprint density at radius 3 is 2.76 bits per heavy atom. The van der Waals surface area contributed by atoms with Crippen molar-refractivity contribution >= 4 is 50.1 Å². The predicted octanol–water partition coefficient (Wildman–Crippen LogP) is 5.13. The smallest absolute Gasteiger partial charge is 0.410 e. The number of aliphatic hydroxyl groups excluding tert-OH is 1. The van der Waals surface area contributed by atoms with Crippen molar-refractivity contribution in [2.45, 2.75) is 45.0 Å². The zero-order valence-corrected chi connectivity index (χ0v) is 24.1. The molecule has 0 radical (unpaired) electrons. The molecule has 0 spiro atoms. The van der Waals surface area contributed by atoms with Gasteiger partial charge in [-0.1, -0.05) is 0 Å². The molecular weight excluding hydrogens is 542 g/mol. The maximum Gasteiger partial charge on any atom is 0.410 e. The number of anilines is 2. The van der Waals surface area contributed by atoms with Crippen molar-refractivity contribution in [3.05, 3.63) is 54.6 Å². The zero-order valence-electron chi connectivity index (χ0n) is 23.2. The lowest BCUT2D eigenvalue weighted by molar-refractivity contribution is -0.0361. The molecule has 2 N–H and O–H groups in total. The van der Waals surface area contributed by atoms with Gasteiger partial charge in [0.1, 0.15) is 29.6 Å². The van der Waals surface area contributed by atoms with Crippen LogP contribution in [0.25, 0.3) is 32.2 Å². The molecule has 1 aliphatic rings. The molecule has 1 fully saturated rings. The minimum atomic E-state index is -0.777. The van der Waals surface area contributed by atoms with E-state index < -0.39 is 23.9 Å². The molecule has 2 atom stereocenters. The van der Waals surface area contributed by atoms with Crippen molar-refractivity contribution in [3.63, 3.8) is 0 Å². The Morgan fingerprint density at radius 1 is 1.12 bits per heavy atom. The summed E-state index contributed by atoms with van der Waals surface area (Å²) >= 11 is 1.56. The number of hydrogen-bond donors (Lipinski definition) is 2. The Hall–Kier alpha value is -4.29. The summed E-state index contributed by atoms with van der Waals surface area (Å²) < 4.78 is 14.9. The molecule has 6 rings (SSSR count). The largest absolute Gasteiger partial charge is 0.485 e. The average molecular weight is 574 g/mol. The van der Waals surface area contributed by atoms with E-state index in [4.69, 9.17) is 9.47 Å². The number of likely N-dealkylation sites (tertiary alicyclic amines) is 1. The van der Waals surface area contributed by atoms with E-state index in [2.05, 4.69) is 25.4 Å². The van der Waals surface area contributed by atoms with E-state index in [1.165, 1.54) is 6.33 Å². The lowest BCUT2D eigenvalue weighted by atomic mass is 10.0. The predicted molar refractivity (Wildman–Crippen MR) is 157 cm³/mol. The van der Waals surface area contributed by atoms with Crippen LogP contribution in [0.3, 0.4) is 0 Å². The molecular formula is C29H31N7O4S. The number of aromatic nitrogens is 5. The number of nitrogens with one attached hydrogen (secondary N) is 1. The minimum Gasteiger partial charge on any atom is -0.485 e. The van der Waals surface area contributed by atoms with Crippen LogP contribution in [0.4, 0.5) is 16.3 Å². The normalized spacial score (nSPS) is 17.6. The van der Waals surface area contributed by atoms with Crippen molar-refractivity contribution < 1.29 is 19.4 Å². The lowest BCUT2D eigenvalue weighted by Gasteiger charge is -2.37. The highest BCUT2D eigenvalue weighted by atomic mass is 32.1. The molecule has 2 aromatic carbocycles. The van der Waals surface area contributed by atoms with Gasteiger partial charge in [0.05, 0.1) is 45.5 Å². The van der Waals surface area contributed by atoms with Crippen molar-refractivity contribution in [2.24, 2.45) is 7.05 Å². The highest BCUT2D eigenvalue weighted by Gasteiger charge is 2.34. The van der Waals surface area contributed by atoms with Gasteiger partial charge >= 0.3 is 6.09 Å². The first kappa shape index (κ1) is 26.9. The van der Waals surface area contributed by atoms with E-state index in [0.29, 0.717) is 35.4 Å². The van der Waals surface area contributed by atoms with Crippen LogP contribution in [0.1, 0.15) is 27.2 Å². The van der Waals surface area contributed by atoms with Gasteiger partial charge in [0, 0.05) is 31.0 Å². The third-order valence-electron chi connectivity index (χ3n) is 6.79. The van der Waals surface area contributed by atoms with E-state index in [0.717, 1.165) is 27.0 Å². The maximum atomic E-state index is 12.8. The Labute approximate surface area is 240 Å². The number of fused-ring (bicyclic) bond motifs is 2. The summed E-state index contributed by atoms with van der Waals surface area (Å²) in [5, 5.41) is 19.3. The number of carbonyl (C=O) groups excluding carboxylic acids is 1. The number of hydrogen-bond acceptors (Lipinski definition) is 10. The molecule has 0 saturated carbocycles. The summed E-state index contributed by atoms with van der Waals surface area (Å²) in [6, 6.07) is 9.79. The number of rotatable bonds is 5. The molecule has 1 saturated heterocycles. The Kier molecular flexibility index (Phi) is 6.96. The van der Waals surface area contributed by atoms with E-state index in [1.54, 1.807) is 27.1 Å². The highest BCUT2D eigenvalue weighted by molar-refractivity contribution is 7.16. The molecule has 1 amide bonds. The Bertz CT molecular complexity index is 1730. The summed E-state index contributed by atoms with van der Waals surface area (Å²) in [5.41, 5.74) is 5.37. The number of carbonyl (C=O) groups is 1. The first-order chi connectivity index (χ1) is 19.6. The molecule has 1 aliphatic heterocycles. The molecule has 0 aliphatic carbocycles. The summed E-state index contributed by atoms with van der Waals surface area (Å²) in [6.45, 7) is 6.04. The van der Waals surface area contributed by atoms with E-state index in [1.807, 2.05) is 69.9 Å².